The van der Waals surface area contributed by atoms with E-state index >= 15 is 0 Å². The van der Waals surface area contributed by atoms with E-state index in [0.717, 1.165) is 12.3 Å². The second-order valence-corrected chi connectivity index (χ2v) is 7.39. The summed E-state index contributed by atoms with van der Waals surface area (Å²) in [4.78, 5) is 1.40. The van der Waals surface area contributed by atoms with Gasteiger partial charge in [-0.3, -0.25) is 0 Å². The van der Waals surface area contributed by atoms with Gasteiger partial charge in [-0.2, -0.15) is 11.8 Å². The van der Waals surface area contributed by atoms with Crippen molar-refractivity contribution in [3.05, 3.63) is 20.8 Å². The molecule has 1 aromatic rings. The molecule has 1 nitrogen and oxygen atoms in total. The molecule has 2 atom stereocenters. The molecule has 0 spiro atoms. The molecular formula is C10H14BrNS2. The zero-order chi connectivity index (χ0) is 9.97. The van der Waals surface area contributed by atoms with Crippen molar-refractivity contribution in [3.63, 3.8) is 0 Å². The van der Waals surface area contributed by atoms with Gasteiger partial charge in [0, 0.05) is 10.9 Å². The number of rotatable bonds is 3. The van der Waals surface area contributed by atoms with Crippen LogP contribution in [0.4, 0.5) is 0 Å². The standard InChI is InChI=1S/C10H14BrNS2/c11-10-2-1-8(14-10)5-9(12)7-3-4-13-6-7/h1-2,7,9H,3-6,12H2. The molecule has 1 aromatic heterocycles. The average Bonchev–Trinajstić information content (AvgIpc) is 2.75. The summed E-state index contributed by atoms with van der Waals surface area (Å²) in [5.74, 6) is 3.29. The third kappa shape index (κ3) is 2.75. The van der Waals surface area contributed by atoms with E-state index in [0.29, 0.717) is 6.04 Å². The highest BCUT2D eigenvalue weighted by atomic mass is 79.9. The van der Waals surface area contributed by atoms with Gasteiger partial charge < -0.3 is 5.73 Å². The maximum Gasteiger partial charge on any atom is 0.0701 e. The summed E-state index contributed by atoms with van der Waals surface area (Å²) in [7, 11) is 0. The molecule has 0 aromatic carbocycles. The third-order valence-electron chi connectivity index (χ3n) is 2.64. The molecule has 1 aliphatic heterocycles. The Balaban J connectivity index is 1.90. The second kappa shape index (κ2) is 5.01. The summed E-state index contributed by atoms with van der Waals surface area (Å²) in [5.41, 5.74) is 6.20. The number of nitrogens with two attached hydrogens (primary N) is 1. The maximum absolute atomic E-state index is 6.20. The quantitative estimate of drug-likeness (QED) is 0.926. The van der Waals surface area contributed by atoms with E-state index < -0.39 is 0 Å². The Morgan fingerprint density at radius 2 is 2.43 bits per heavy atom. The van der Waals surface area contributed by atoms with E-state index in [-0.39, 0.29) is 0 Å². The molecule has 2 unspecified atom stereocenters. The lowest BCUT2D eigenvalue weighted by Gasteiger charge is -2.16. The van der Waals surface area contributed by atoms with Crippen LogP contribution in [0, 0.1) is 5.92 Å². The molecule has 2 heterocycles. The van der Waals surface area contributed by atoms with Gasteiger partial charge in [0.25, 0.3) is 0 Å². The summed E-state index contributed by atoms with van der Waals surface area (Å²) in [5, 5.41) is 0. The molecule has 0 saturated carbocycles. The molecule has 1 fully saturated rings. The summed E-state index contributed by atoms with van der Waals surface area (Å²) < 4.78 is 1.21. The van der Waals surface area contributed by atoms with Crippen molar-refractivity contribution in [1.29, 1.82) is 0 Å². The van der Waals surface area contributed by atoms with E-state index in [1.54, 1.807) is 11.3 Å². The lowest BCUT2D eigenvalue weighted by Crippen LogP contribution is -2.31. The van der Waals surface area contributed by atoms with Crippen LogP contribution in [0.15, 0.2) is 15.9 Å². The van der Waals surface area contributed by atoms with Gasteiger partial charge in [0.05, 0.1) is 3.79 Å². The number of thiophene rings is 1. The molecular weight excluding hydrogens is 278 g/mol. The first kappa shape index (κ1) is 11.0. The molecule has 14 heavy (non-hydrogen) atoms. The van der Waals surface area contributed by atoms with Gasteiger partial charge >= 0.3 is 0 Å². The lowest BCUT2D eigenvalue weighted by atomic mass is 9.97. The van der Waals surface area contributed by atoms with Gasteiger partial charge in [-0.25, -0.2) is 0 Å². The highest BCUT2D eigenvalue weighted by Gasteiger charge is 2.22. The minimum Gasteiger partial charge on any atom is -0.327 e. The van der Waals surface area contributed by atoms with Crippen LogP contribution in [-0.2, 0) is 6.42 Å². The predicted molar refractivity (Wildman–Crippen MR) is 69.1 cm³/mol. The number of halogens is 1. The molecule has 2 rings (SSSR count). The van der Waals surface area contributed by atoms with Crippen molar-refractivity contribution >= 4 is 39.0 Å². The van der Waals surface area contributed by atoms with E-state index in [1.807, 2.05) is 11.8 Å². The van der Waals surface area contributed by atoms with Crippen LogP contribution in [0.25, 0.3) is 0 Å². The molecule has 0 radical (unpaired) electrons. The molecule has 78 valence electrons. The molecule has 2 N–H and O–H groups in total. The smallest absolute Gasteiger partial charge is 0.0701 e. The number of thioether (sulfide) groups is 1. The molecule has 0 amide bonds. The summed E-state index contributed by atoms with van der Waals surface area (Å²) in [6.07, 6.45) is 2.35. The fourth-order valence-corrected chi connectivity index (χ4v) is 4.66. The zero-order valence-corrected chi connectivity index (χ0v) is 11.1. The molecule has 0 bridgehead atoms. The SMILES string of the molecule is NC(Cc1ccc(Br)s1)C1CCSC1. The predicted octanol–water partition coefficient (Wildman–Crippen LogP) is 3.13. The summed E-state index contributed by atoms with van der Waals surface area (Å²) >= 11 is 7.32. The van der Waals surface area contributed by atoms with E-state index in [9.17, 15) is 0 Å². The van der Waals surface area contributed by atoms with Crippen molar-refractivity contribution in [2.75, 3.05) is 11.5 Å². The van der Waals surface area contributed by atoms with Crippen molar-refractivity contribution in [2.45, 2.75) is 18.9 Å². The Morgan fingerprint density at radius 1 is 1.57 bits per heavy atom. The Kier molecular flexibility index (Phi) is 3.93. The van der Waals surface area contributed by atoms with Crippen molar-refractivity contribution < 1.29 is 0 Å². The highest BCUT2D eigenvalue weighted by Crippen LogP contribution is 2.29. The Morgan fingerprint density at radius 3 is 3.00 bits per heavy atom. The average molecular weight is 292 g/mol. The highest BCUT2D eigenvalue weighted by molar-refractivity contribution is 9.11. The molecule has 0 aliphatic carbocycles. The van der Waals surface area contributed by atoms with Gasteiger partial charge in [0.1, 0.15) is 0 Å². The minimum absolute atomic E-state index is 0.357. The van der Waals surface area contributed by atoms with Crippen LogP contribution in [0.3, 0.4) is 0 Å². The fourth-order valence-electron chi connectivity index (χ4n) is 1.75. The van der Waals surface area contributed by atoms with Gasteiger partial charge in [-0.05, 0) is 58.3 Å². The molecule has 1 saturated heterocycles. The molecule has 4 heteroatoms. The summed E-state index contributed by atoms with van der Waals surface area (Å²) in [6, 6.07) is 4.64. The first-order valence-corrected chi connectivity index (χ1v) is 7.59. The largest absolute Gasteiger partial charge is 0.327 e. The van der Waals surface area contributed by atoms with E-state index in [2.05, 4.69) is 28.1 Å². The number of hydrogen-bond donors (Lipinski definition) is 1. The first-order valence-electron chi connectivity index (χ1n) is 4.83. The van der Waals surface area contributed by atoms with Crippen molar-refractivity contribution in [1.82, 2.24) is 0 Å². The monoisotopic (exact) mass is 291 g/mol. The number of hydrogen-bond acceptors (Lipinski definition) is 3. The molecule has 1 aliphatic rings. The van der Waals surface area contributed by atoms with Crippen LogP contribution in [-0.4, -0.2) is 17.5 Å². The summed E-state index contributed by atoms with van der Waals surface area (Å²) in [6.45, 7) is 0. The Hall–Kier alpha value is 0.490. The van der Waals surface area contributed by atoms with Crippen LogP contribution in [0.5, 0.6) is 0 Å². The van der Waals surface area contributed by atoms with Gasteiger partial charge in [-0.15, -0.1) is 11.3 Å². The van der Waals surface area contributed by atoms with Crippen molar-refractivity contribution in [2.24, 2.45) is 11.7 Å². The van der Waals surface area contributed by atoms with Crippen molar-refractivity contribution in [3.8, 4) is 0 Å². The fraction of sp³-hybridized carbons (Fsp3) is 0.600. The third-order valence-corrected chi connectivity index (χ3v) is 5.47. The lowest BCUT2D eigenvalue weighted by molar-refractivity contribution is 0.465. The Bertz CT molecular complexity index is 294. The zero-order valence-electron chi connectivity index (χ0n) is 7.91. The van der Waals surface area contributed by atoms with Gasteiger partial charge in [-0.1, -0.05) is 0 Å². The van der Waals surface area contributed by atoms with Crippen LogP contribution >= 0.6 is 39.0 Å². The Labute approximate surface area is 102 Å². The van der Waals surface area contributed by atoms with Crippen LogP contribution < -0.4 is 5.73 Å². The topological polar surface area (TPSA) is 26.0 Å². The first-order chi connectivity index (χ1) is 6.75. The van der Waals surface area contributed by atoms with Gasteiger partial charge in [0.2, 0.25) is 0 Å². The van der Waals surface area contributed by atoms with E-state index in [1.165, 1.54) is 26.6 Å². The van der Waals surface area contributed by atoms with E-state index in [4.69, 9.17) is 5.73 Å². The second-order valence-electron chi connectivity index (χ2n) is 3.70. The van der Waals surface area contributed by atoms with Gasteiger partial charge in [0.15, 0.2) is 0 Å². The van der Waals surface area contributed by atoms with Crippen LogP contribution in [0.2, 0.25) is 0 Å². The minimum atomic E-state index is 0.357. The van der Waals surface area contributed by atoms with Crippen LogP contribution in [0.1, 0.15) is 11.3 Å². The normalized spacial score (nSPS) is 24.0. The maximum atomic E-state index is 6.20.